The molecule has 0 radical (unpaired) electrons. The fourth-order valence-corrected chi connectivity index (χ4v) is 3.32. The highest BCUT2D eigenvalue weighted by Crippen LogP contribution is 2.35. The molecule has 2 atom stereocenters. The van der Waals surface area contributed by atoms with E-state index in [1.807, 2.05) is 32.9 Å². The maximum atomic E-state index is 12.6. The Kier molecular flexibility index (Phi) is 5.82. The van der Waals surface area contributed by atoms with Gasteiger partial charge in [-0.05, 0) is 77.8 Å². The van der Waals surface area contributed by atoms with Crippen LogP contribution in [0.5, 0.6) is 5.75 Å². The number of ether oxygens (including phenoxy) is 2. The van der Waals surface area contributed by atoms with E-state index in [4.69, 9.17) is 21.1 Å². The minimum absolute atomic E-state index is 0.131. The van der Waals surface area contributed by atoms with Gasteiger partial charge in [0.1, 0.15) is 11.4 Å². The molecule has 1 aliphatic rings. The summed E-state index contributed by atoms with van der Waals surface area (Å²) >= 11 is 5.87. The number of carbonyl (C=O) groups excluding carboxylic acids is 1. The highest BCUT2D eigenvalue weighted by Gasteiger charge is 2.47. The van der Waals surface area contributed by atoms with Gasteiger partial charge in [-0.1, -0.05) is 11.6 Å². The number of rotatable bonds is 5. The van der Waals surface area contributed by atoms with Crippen molar-refractivity contribution in [2.45, 2.75) is 52.2 Å². The first kappa shape index (κ1) is 19.1. The lowest BCUT2D eigenvalue weighted by atomic mass is 9.81. The van der Waals surface area contributed by atoms with Gasteiger partial charge in [-0.3, -0.25) is 4.79 Å². The normalized spacial score (nSPS) is 23.1. The zero-order valence-corrected chi connectivity index (χ0v) is 15.9. The molecule has 1 aromatic carbocycles. The number of carbonyl (C=O) groups is 1. The summed E-state index contributed by atoms with van der Waals surface area (Å²) in [6, 6.07) is 7.32. The molecule has 0 aliphatic carbocycles. The van der Waals surface area contributed by atoms with E-state index in [0.717, 1.165) is 18.7 Å². The molecular formula is C19H28ClNO3. The first-order valence-corrected chi connectivity index (χ1v) is 8.82. The molecule has 1 aliphatic heterocycles. The smallest absolute Gasteiger partial charge is 0.311 e. The van der Waals surface area contributed by atoms with E-state index in [0.29, 0.717) is 11.6 Å². The van der Waals surface area contributed by atoms with Gasteiger partial charge in [-0.15, -0.1) is 0 Å². The molecule has 1 heterocycles. The topological polar surface area (TPSA) is 47.6 Å². The maximum absolute atomic E-state index is 12.6. The van der Waals surface area contributed by atoms with Crippen molar-refractivity contribution in [3.8, 4) is 5.75 Å². The van der Waals surface area contributed by atoms with Crippen molar-refractivity contribution < 1.29 is 14.3 Å². The largest absolute Gasteiger partial charge is 0.494 e. The van der Waals surface area contributed by atoms with Crippen LogP contribution in [0.4, 0.5) is 0 Å². The van der Waals surface area contributed by atoms with Crippen molar-refractivity contribution >= 4 is 17.6 Å². The van der Waals surface area contributed by atoms with Gasteiger partial charge in [0.15, 0.2) is 0 Å². The summed E-state index contributed by atoms with van der Waals surface area (Å²) in [5.41, 5.74) is -0.743. The van der Waals surface area contributed by atoms with Crippen LogP contribution in [-0.2, 0) is 9.53 Å². The van der Waals surface area contributed by atoms with Gasteiger partial charge in [0, 0.05) is 10.6 Å². The third-order valence-electron chi connectivity index (χ3n) is 4.30. The fourth-order valence-electron chi connectivity index (χ4n) is 3.19. The standard InChI is InChI=1S/C19H28ClNO3/c1-18(2,3)24-17(22)16-13(12-21-19(16,4)5)10-11-23-15-8-6-14(20)7-9-15/h6-9,13,16,21H,10-12H2,1-5H3/t13?,16-/m1/s1. The van der Waals surface area contributed by atoms with Gasteiger partial charge in [0.2, 0.25) is 0 Å². The third kappa shape index (κ3) is 5.12. The summed E-state index contributed by atoms with van der Waals surface area (Å²) in [7, 11) is 0. The predicted molar refractivity (Wildman–Crippen MR) is 96.5 cm³/mol. The number of hydrogen-bond donors (Lipinski definition) is 1. The Hall–Kier alpha value is -1.26. The van der Waals surface area contributed by atoms with Crippen LogP contribution in [0.2, 0.25) is 5.02 Å². The lowest BCUT2D eigenvalue weighted by Crippen LogP contribution is -2.45. The van der Waals surface area contributed by atoms with Gasteiger partial charge >= 0.3 is 5.97 Å². The number of nitrogens with one attached hydrogen (secondary N) is 1. The molecule has 134 valence electrons. The second kappa shape index (κ2) is 7.32. The van der Waals surface area contributed by atoms with Gasteiger partial charge in [0.05, 0.1) is 12.5 Å². The van der Waals surface area contributed by atoms with Crippen molar-refractivity contribution in [1.29, 1.82) is 0 Å². The molecule has 1 fully saturated rings. The SMILES string of the molecule is CC(C)(C)OC(=O)[C@H]1C(CCOc2ccc(Cl)cc2)CNC1(C)C. The van der Waals surface area contributed by atoms with Crippen LogP contribution in [0, 0.1) is 11.8 Å². The monoisotopic (exact) mass is 353 g/mol. The molecule has 0 saturated carbocycles. The van der Waals surface area contributed by atoms with Crippen molar-refractivity contribution in [1.82, 2.24) is 5.32 Å². The molecule has 24 heavy (non-hydrogen) atoms. The van der Waals surface area contributed by atoms with E-state index in [1.165, 1.54) is 0 Å². The van der Waals surface area contributed by atoms with E-state index in [1.54, 1.807) is 12.1 Å². The first-order chi connectivity index (χ1) is 11.1. The quantitative estimate of drug-likeness (QED) is 0.811. The molecule has 1 aromatic rings. The van der Waals surface area contributed by atoms with E-state index in [-0.39, 0.29) is 23.3 Å². The molecule has 0 aromatic heterocycles. The van der Waals surface area contributed by atoms with Crippen LogP contribution in [0.25, 0.3) is 0 Å². The average molecular weight is 354 g/mol. The Labute approximate surface area is 149 Å². The van der Waals surface area contributed by atoms with Crippen molar-refractivity contribution in [2.75, 3.05) is 13.2 Å². The fraction of sp³-hybridized carbons (Fsp3) is 0.632. The second-order valence-corrected chi connectivity index (χ2v) is 8.40. The van der Waals surface area contributed by atoms with E-state index >= 15 is 0 Å². The van der Waals surface area contributed by atoms with E-state index in [9.17, 15) is 4.79 Å². The first-order valence-electron chi connectivity index (χ1n) is 8.45. The second-order valence-electron chi connectivity index (χ2n) is 7.96. The molecule has 4 nitrogen and oxygen atoms in total. The summed E-state index contributed by atoms with van der Waals surface area (Å²) in [6.45, 7) is 11.2. The number of esters is 1. The highest BCUT2D eigenvalue weighted by atomic mass is 35.5. The lowest BCUT2D eigenvalue weighted by Gasteiger charge is -2.31. The minimum Gasteiger partial charge on any atom is -0.494 e. The molecule has 5 heteroatoms. The van der Waals surface area contributed by atoms with Gasteiger partial charge < -0.3 is 14.8 Å². The summed E-state index contributed by atoms with van der Waals surface area (Å²) in [4.78, 5) is 12.6. The molecular weight excluding hydrogens is 326 g/mol. The molecule has 0 spiro atoms. The highest BCUT2D eigenvalue weighted by molar-refractivity contribution is 6.30. The number of benzene rings is 1. The number of hydrogen-bond acceptors (Lipinski definition) is 4. The van der Waals surface area contributed by atoms with Crippen LogP contribution in [0.1, 0.15) is 41.0 Å². The molecule has 1 unspecified atom stereocenters. The Morgan fingerprint density at radius 3 is 2.50 bits per heavy atom. The summed E-state index contributed by atoms with van der Waals surface area (Å²) in [5.74, 6) is 0.681. The van der Waals surface area contributed by atoms with E-state index < -0.39 is 5.60 Å². The van der Waals surface area contributed by atoms with Crippen molar-refractivity contribution in [3.05, 3.63) is 29.3 Å². The Balaban J connectivity index is 1.95. The maximum Gasteiger partial charge on any atom is 0.311 e. The number of halogens is 1. The predicted octanol–water partition coefficient (Wildman–Crippen LogP) is 4.06. The zero-order valence-electron chi connectivity index (χ0n) is 15.2. The molecule has 0 bridgehead atoms. The van der Waals surface area contributed by atoms with Crippen LogP contribution < -0.4 is 10.1 Å². The van der Waals surface area contributed by atoms with Crippen LogP contribution in [0.3, 0.4) is 0 Å². The minimum atomic E-state index is -0.472. The van der Waals surface area contributed by atoms with Gasteiger partial charge in [-0.25, -0.2) is 0 Å². The molecule has 0 amide bonds. The average Bonchev–Trinajstić information content (AvgIpc) is 2.74. The Morgan fingerprint density at radius 2 is 1.92 bits per heavy atom. The van der Waals surface area contributed by atoms with Gasteiger partial charge in [-0.2, -0.15) is 0 Å². The molecule has 1 N–H and O–H groups in total. The van der Waals surface area contributed by atoms with Gasteiger partial charge in [0.25, 0.3) is 0 Å². The van der Waals surface area contributed by atoms with Crippen molar-refractivity contribution in [3.63, 3.8) is 0 Å². The van der Waals surface area contributed by atoms with E-state index in [2.05, 4.69) is 19.2 Å². The zero-order chi connectivity index (χ0) is 18.0. The summed E-state index contributed by atoms with van der Waals surface area (Å²) < 4.78 is 11.4. The summed E-state index contributed by atoms with van der Waals surface area (Å²) in [5, 5.41) is 4.13. The Morgan fingerprint density at radius 1 is 1.29 bits per heavy atom. The summed E-state index contributed by atoms with van der Waals surface area (Å²) in [6.07, 6.45) is 0.795. The van der Waals surface area contributed by atoms with Crippen LogP contribution in [0.15, 0.2) is 24.3 Å². The molecule has 2 rings (SSSR count). The molecule has 1 saturated heterocycles. The van der Waals surface area contributed by atoms with Crippen LogP contribution >= 0.6 is 11.6 Å². The Bertz CT molecular complexity index is 563. The third-order valence-corrected chi connectivity index (χ3v) is 4.55. The van der Waals surface area contributed by atoms with Crippen molar-refractivity contribution in [2.24, 2.45) is 11.8 Å². The van der Waals surface area contributed by atoms with Crippen LogP contribution in [-0.4, -0.2) is 30.3 Å². The lowest BCUT2D eigenvalue weighted by molar-refractivity contribution is -0.163.